The highest BCUT2D eigenvalue weighted by Gasteiger charge is 2.19. The molecule has 0 aromatic heterocycles. The summed E-state index contributed by atoms with van der Waals surface area (Å²) in [6.45, 7) is 3.54. The van der Waals surface area contributed by atoms with Crippen molar-refractivity contribution in [2.75, 3.05) is 19.3 Å². The lowest BCUT2D eigenvalue weighted by Crippen LogP contribution is -2.43. The van der Waals surface area contributed by atoms with Crippen molar-refractivity contribution >= 4 is 16.7 Å². The molecule has 2 N–H and O–H groups in total. The molecule has 0 radical (unpaired) electrons. The second kappa shape index (κ2) is 7.01. The van der Waals surface area contributed by atoms with Gasteiger partial charge in [-0.2, -0.15) is 0 Å². The number of hydrogen-bond donors (Lipinski definition) is 2. The Balaban J connectivity index is 2.25. The standard InChI is InChI=1S/C11H22N2O2S/c1-9(16(2)15)6-8-12-10-5-3-4-7-13-11(10)14/h9-10,12H,3-8H2,1-2H3,(H,13,14). The topological polar surface area (TPSA) is 58.2 Å². The summed E-state index contributed by atoms with van der Waals surface area (Å²) < 4.78 is 11.1. The molecule has 3 unspecified atom stereocenters. The van der Waals surface area contributed by atoms with Crippen molar-refractivity contribution in [3.05, 3.63) is 0 Å². The van der Waals surface area contributed by atoms with Crippen LogP contribution in [0.1, 0.15) is 32.6 Å². The largest absolute Gasteiger partial charge is 0.355 e. The van der Waals surface area contributed by atoms with Gasteiger partial charge in [0.15, 0.2) is 0 Å². The molecule has 0 saturated carbocycles. The normalized spacial score (nSPS) is 25.6. The van der Waals surface area contributed by atoms with E-state index in [0.29, 0.717) is 0 Å². The Morgan fingerprint density at radius 1 is 1.56 bits per heavy atom. The number of hydrogen-bond acceptors (Lipinski definition) is 3. The first-order valence-corrected chi connectivity index (χ1v) is 7.56. The highest BCUT2D eigenvalue weighted by molar-refractivity contribution is 7.84. The van der Waals surface area contributed by atoms with E-state index in [9.17, 15) is 9.00 Å². The van der Waals surface area contributed by atoms with Crippen molar-refractivity contribution in [1.29, 1.82) is 0 Å². The highest BCUT2D eigenvalue weighted by Crippen LogP contribution is 2.06. The molecule has 1 rings (SSSR count). The molecule has 0 spiro atoms. The number of amides is 1. The fourth-order valence-electron chi connectivity index (χ4n) is 1.76. The third-order valence-corrected chi connectivity index (χ3v) is 4.41. The second-order valence-corrected chi connectivity index (χ2v) is 6.19. The van der Waals surface area contributed by atoms with Crippen LogP contribution in [0, 0.1) is 0 Å². The predicted octanol–water partition coefficient (Wildman–Crippen LogP) is 0.402. The number of nitrogens with one attached hydrogen (secondary N) is 2. The van der Waals surface area contributed by atoms with Crippen molar-refractivity contribution in [1.82, 2.24) is 10.6 Å². The Kier molecular flexibility index (Phi) is 5.98. The molecule has 0 bridgehead atoms. The molecule has 3 atom stereocenters. The third-order valence-electron chi connectivity index (χ3n) is 3.04. The molecule has 4 nitrogen and oxygen atoms in total. The molecule has 0 aliphatic carbocycles. The average Bonchev–Trinajstić information content (AvgIpc) is 2.44. The molecule has 1 heterocycles. The van der Waals surface area contributed by atoms with Gasteiger partial charge in [0.1, 0.15) is 0 Å². The summed E-state index contributed by atoms with van der Waals surface area (Å²) in [5.41, 5.74) is 0. The predicted molar refractivity (Wildman–Crippen MR) is 66.8 cm³/mol. The Hall–Kier alpha value is -0.420. The summed E-state index contributed by atoms with van der Waals surface area (Å²) in [5.74, 6) is 0.114. The fraction of sp³-hybridized carbons (Fsp3) is 0.909. The van der Waals surface area contributed by atoms with E-state index in [1.54, 1.807) is 6.26 Å². The Bertz CT molecular complexity index is 258. The van der Waals surface area contributed by atoms with E-state index in [1.807, 2.05) is 6.92 Å². The summed E-state index contributed by atoms with van der Waals surface area (Å²) in [6.07, 6.45) is 5.65. The van der Waals surface area contributed by atoms with Crippen LogP contribution in [0.25, 0.3) is 0 Å². The zero-order valence-corrected chi connectivity index (χ0v) is 10.9. The van der Waals surface area contributed by atoms with Gasteiger partial charge in [-0.1, -0.05) is 6.92 Å². The zero-order chi connectivity index (χ0) is 12.0. The minimum Gasteiger partial charge on any atom is -0.355 e. The first-order chi connectivity index (χ1) is 7.61. The van der Waals surface area contributed by atoms with E-state index in [1.165, 1.54) is 0 Å². The third kappa shape index (κ3) is 4.61. The van der Waals surface area contributed by atoms with Crippen molar-refractivity contribution in [2.24, 2.45) is 0 Å². The smallest absolute Gasteiger partial charge is 0.237 e. The van der Waals surface area contributed by atoms with E-state index in [2.05, 4.69) is 10.6 Å². The Morgan fingerprint density at radius 2 is 2.31 bits per heavy atom. The van der Waals surface area contributed by atoms with Gasteiger partial charge in [0.05, 0.1) is 6.04 Å². The van der Waals surface area contributed by atoms with Crippen LogP contribution in [-0.2, 0) is 15.6 Å². The molecule has 0 aromatic rings. The van der Waals surface area contributed by atoms with E-state index in [0.717, 1.165) is 38.8 Å². The summed E-state index contributed by atoms with van der Waals surface area (Å²) in [4.78, 5) is 11.6. The number of rotatable bonds is 5. The van der Waals surface area contributed by atoms with Gasteiger partial charge in [-0.05, 0) is 32.2 Å². The Labute approximate surface area is 100 Å². The van der Waals surface area contributed by atoms with Crippen molar-refractivity contribution in [3.63, 3.8) is 0 Å². The maximum absolute atomic E-state index is 11.6. The summed E-state index contributed by atoms with van der Waals surface area (Å²) >= 11 is 0. The molecule has 1 saturated heterocycles. The van der Waals surface area contributed by atoms with Gasteiger partial charge in [0.2, 0.25) is 5.91 Å². The van der Waals surface area contributed by atoms with Crippen LogP contribution in [0.2, 0.25) is 0 Å². The van der Waals surface area contributed by atoms with Crippen molar-refractivity contribution in [3.8, 4) is 0 Å². The molecular weight excluding hydrogens is 224 g/mol. The number of carbonyl (C=O) groups is 1. The van der Waals surface area contributed by atoms with Crippen LogP contribution >= 0.6 is 0 Å². The van der Waals surface area contributed by atoms with Gasteiger partial charge in [-0.25, -0.2) is 0 Å². The molecule has 94 valence electrons. The molecule has 1 fully saturated rings. The minimum atomic E-state index is -0.769. The van der Waals surface area contributed by atoms with E-state index >= 15 is 0 Å². The van der Waals surface area contributed by atoms with Gasteiger partial charge in [-0.3, -0.25) is 9.00 Å². The number of carbonyl (C=O) groups excluding carboxylic acids is 1. The second-order valence-electron chi connectivity index (χ2n) is 4.39. The minimum absolute atomic E-state index is 0.0556. The van der Waals surface area contributed by atoms with Crippen LogP contribution < -0.4 is 10.6 Å². The molecule has 16 heavy (non-hydrogen) atoms. The van der Waals surface area contributed by atoms with Gasteiger partial charge >= 0.3 is 0 Å². The van der Waals surface area contributed by atoms with E-state index < -0.39 is 10.8 Å². The van der Waals surface area contributed by atoms with Crippen LogP contribution in [0.15, 0.2) is 0 Å². The van der Waals surface area contributed by atoms with E-state index in [4.69, 9.17) is 0 Å². The monoisotopic (exact) mass is 246 g/mol. The maximum atomic E-state index is 11.6. The lowest BCUT2D eigenvalue weighted by atomic mass is 10.1. The zero-order valence-electron chi connectivity index (χ0n) is 10.1. The summed E-state index contributed by atoms with van der Waals surface area (Å²) in [6, 6.07) is -0.0556. The average molecular weight is 246 g/mol. The summed E-state index contributed by atoms with van der Waals surface area (Å²) in [7, 11) is -0.769. The van der Waals surface area contributed by atoms with E-state index in [-0.39, 0.29) is 17.2 Å². The lowest BCUT2D eigenvalue weighted by molar-refractivity contribution is -0.122. The fourth-order valence-corrected chi connectivity index (χ4v) is 2.21. The first-order valence-electron chi connectivity index (χ1n) is 5.94. The molecular formula is C11H22N2O2S. The molecule has 5 heteroatoms. The van der Waals surface area contributed by atoms with Crippen LogP contribution in [-0.4, -0.2) is 40.8 Å². The molecule has 0 aromatic carbocycles. The van der Waals surface area contributed by atoms with Crippen LogP contribution in [0.5, 0.6) is 0 Å². The molecule has 1 aliphatic heterocycles. The van der Waals surface area contributed by atoms with Crippen molar-refractivity contribution in [2.45, 2.75) is 43.9 Å². The van der Waals surface area contributed by atoms with Crippen LogP contribution in [0.3, 0.4) is 0 Å². The molecule has 1 amide bonds. The Morgan fingerprint density at radius 3 is 3.00 bits per heavy atom. The van der Waals surface area contributed by atoms with Gasteiger partial charge in [0, 0.05) is 28.9 Å². The highest BCUT2D eigenvalue weighted by atomic mass is 32.2. The van der Waals surface area contributed by atoms with Crippen molar-refractivity contribution < 1.29 is 9.00 Å². The summed E-state index contributed by atoms with van der Waals surface area (Å²) in [5, 5.41) is 6.34. The van der Waals surface area contributed by atoms with Gasteiger partial charge in [0.25, 0.3) is 0 Å². The lowest BCUT2D eigenvalue weighted by Gasteiger charge is -2.16. The van der Waals surface area contributed by atoms with Gasteiger partial charge in [-0.15, -0.1) is 0 Å². The first kappa shape index (κ1) is 13.6. The molecule has 1 aliphatic rings. The van der Waals surface area contributed by atoms with Crippen LogP contribution in [0.4, 0.5) is 0 Å². The SMILES string of the molecule is CC(CCNC1CCCCNC1=O)S(C)=O. The van der Waals surface area contributed by atoms with Gasteiger partial charge < -0.3 is 10.6 Å². The quantitative estimate of drug-likeness (QED) is 0.738. The maximum Gasteiger partial charge on any atom is 0.237 e.